The number of furan rings is 2. The zero-order valence-corrected chi connectivity index (χ0v) is 27.4. The summed E-state index contributed by atoms with van der Waals surface area (Å²) < 4.78 is 223. The number of hydrogen-bond acceptors (Lipinski definition) is 2. The zero-order chi connectivity index (χ0) is 55.3. The van der Waals surface area contributed by atoms with Crippen molar-refractivity contribution in [1.29, 1.82) is 0 Å². The van der Waals surface area contributed by atoms with E-state index in [1.165, 1.54) is 0 Å². The van der Waals surface area contributed by atoms with E-state index < -0.39 is 205 Å². The van der Waals surface area contributed by atoms with Gasteiger partial charge >= 0.3 is 0 Å². The molecule has 0 atom stereocenters. The van der Waals surface area contributed by atoms with E-state index in [4.69, 9.17) is 25.3 Å². The molecule has 0 amide bonds. The standard InChI is InChI=1S/C52H30O2/c1-2-12-32-29-34(22-21-31(32)11-1)49-38-15-5-7-17-40(38)50(41-18-8-6-16-39(41)49)42-26-25-35(36-13-3-4-14-37(36)42)33-23-24-44-48(30-33)54-47-28-27-46-51(52(44)47)43-19-9-10-20-45(43)53-46/h1-30H/i3D,4D,5D,6D,7D,8D,9D,10D,13D,14D,15D,16D,17D,18D,19D,20D,23D,24D,25D,26D,27D,28D,30D. The Balaban J connectivity index is 1.30. The highest BCUT2D eigenvalue weighted by Crippen LogP contribution is 2.47. The highest BCUT2D eigenvalue weighted by atomic mass is 16.3. The third-order valence-corrected chi connectivity index (χ3v) is 9.75. The second kappa shape index (κ2) is 11.2. The Hall–Kier alpha value is -7.16. The number of para-hydroxylation sites is 1. The SMILES string of the molecule is [2H]c1c([2H])c([2H])c2c(oc3c([2H])c([2H])c4oc5c([2H])c(-c6c([2H])c([2H])c(-c7c8c([2H])c([2H])c([2H])c([2H])c8c(-c8ccc9ccccc9c8)c8c([2H])c([2H])c([2H])c([2H])c78)c7c([2H])c([2H])c([2H])c([2H])c67)c([2H])c([2H])c5c4c32)c1[2H]. The molecule has 2 heterocycles. The maximum atomic E-state index is 9.98. The molecule has 250 valence electrons. The second-order valence-electron chi connectivity index (χ2n) is 12.6. The molecule has 0 bridgehead atoms. The van der Waals surface area contributed by atoms with E-state index in [-0.39, 0.29) is 43.4 Å². The molecule has 0 N–H and O–H groups in total. The normalized spacial score (nSPS) is 18.0. The first-order valence-corrected chi connectivity index (χ1v) is 16.6. The fraction of sp³-hybridized carbons (Fsp3) is 0. The molecule has 12 aromatic rings. The van der Waals surface area contributed by atoms with Gasteiger partial charge in [-0.2, -0.15) is 0 Å². The molecule has 0 saturated carbocycles. The van der Waals surface area contributed by atoms with Crippen LogP contribution in [0.3, 0.4) is 0 Å². The Morgan fingerprint density at radius 1 is 0.352 bits per heavy atom. The Kier molecular flexibility index (Phi) is 3.12. The van der Waals surface area contributed by atoms with Crippen LogP contribution in [0, 0.1) is 0 Å². The molecular formula is C52H30O2. The minimum Gasteiger partial charge on any atom is -0.456 e. The summed E-state index contributed by atoms with van der Waals surface area (Å²) in [5.41, 5.74) is -4.13. The van der Waals surface area contributed by atoms with Gasteiger partial charge in [-0.1, -0.05) is 145 Å². The first-order chi connectivity index (χ1) is 36.4. The Morgan fingerprint density at radius 2 is 0.889 bits per heavy atom. The monoisotopic (exact) mass is 709 g/mol. The number of hydrogen-bond donors (Lipinski definition) is 0. The van der Waals surface area contributed by atoms with Gasteiger partial charge in [0, 0.05) is 21.5 Å². The molecule has 0 radical (unpaired) electrons. The largest absolute Gasteiger partial charge is 0.456 e. The van der Waals surface area contributed by atoms with Crippen LogP contribution in [0.1, 0.15) is 31.5 Å². The van der Waals surface area contributed by atoms with Gasteiger partial charge in [-0.05, 0) is 113 Å². The van der Waals surface area contributed by atoms with Gasteiger partial charge in [-0.25, -0.2) is 0 Å². The van der Waals surface area contributed by atoms with E-state index in [9.17, 15) is 15.1 Å². The van der Waals surface area contributed by atoms with Crippen molar-refractivity contribution in [3.8, 4) is 33.4 Å². The fourth-order valence-electron chi connectivity index (χ4n) is 7.44. The summed E-state index contributed by atoms with van der Waals surface area (Å²) in [5, 5.41) is -2.34. The van der Waals surface area contributed by atoms with E-state index >= 15 is 0 Å². The summed E-state index contributed by atoms with van der Waals surface area (Å²) in [4.78, 5) is 0. The molecule has 54 heavy (non-hydrogen) atoms. The highest BCUT2D eigenvalue weighted by Gasteiger charge is 2.20. The van der Waals surface area contributed by atoms with Crippen molar-refractivity contribution in [2.75, 3.05) is 0 Å². The van der Waals surface area contributed by atoms with Crippen LogP contribution in [0.15, 0.2) is 190 Å². The first-order valence-electron chi connectivity index (χ1n) is 28.1. The lowest BCUT2D eigenvalue weighted by molar-refractivity contribution is 0.663. The molecular weight excluding hydrogens is 657 g/mol. The van der Waals surface area contributed by atoms with Crippen LogP contribution >= 0.6 is 0 Å². The van der Waals surface area contributed by atoms with Crippen molar-refractivity contribution >= 4 is 87.0 Å². The van der Waals surface area contributed by atoms with E-state index in [1.807, 2.05) is 6.07 Å². The topological polar surface area (TPSA) is 26.3 Å². The molecule has 0 spiro atoms. The molecule has 0 fully saturated rings. The van der Waals surface area contributed by atoms with Crippen molar-refractivity contribution in [1.82, 2.24) is 0 Å². The van der Waals surface area contributed by atoms with Gasteiger partial charge in [-0.3, -0.25) is 0 Å². The van der Waals surface area contributed by atoms with Crippen molar-refractivity contribution < 1.29 is 40.4 Å². The summed E-state index contributed by atoms with van der Waals surface area (Å²) in [6, 6.07) is -5.73. The van der Waals surface area contributed by atoms with E-state index in [1.54, 1.807) is 36.4 Å². The molecule has 2 heteroatoms. The predicted molar refractivity (Wildman–Crippen MR) is 227 cm³/mol. The van der Waals surface area contributed by atoms with Crippen LogP contribution in [0.4, 0.5) is 0 Å². The molecule has 10 aromatic carbocycles. The summed E-state index contributed by atoms with van der Waals surface area (Å²) in [6.45, 7) is 0. The molecule has 2 aromatic heterocycles. The Bertz CT molecular complexity index is 4760. The lowest BCUT2D eigenvalue weighted by Gasteiger charge is -2.20. The average Bonchev–Trinajstić information content (AvgIpc) is 4.24. The molecule has 12 rings (SSSR count). The van der Waals surface area contributed by atoms with Gasteiger partial charge in [0.25, 0.3) is 0 Å². The van der Waals surface area contributed by atoms with Gasteiger partial charge in [0.1, 0.15) is 22.3 Å². The summed E-state index contributed by atoms with van der Waals surface area (Å²) in [7, 11) is 0. The molecule has 0 aliphatic rings. The minimum absolute atomic E-state index is 0.0572. The molecule has 0 unspecified atom stereocenters. The average molecular weight is 710 g/mol. The van der Waals surface area contributed by atoms with Crippen LogP contribution in [-0.4, -0.2) is 0 Å². The van der Waals surface area contributed by atoms with Crippen LogP contribution < -0.4 is 0 Å². The van der Waals surface area contributed by atoms with Gasteiger partial charge in [0.05, 0.1) is 31.5 Å². The number of benzene rings is 10. The van der Waals surface area contributed by atoms with Crippen molar-refractivity contribution in [2.45, 2.75) is 0 Å². The van der Waals surface area contributed by atoms with Crippen molar-refractivity contribution in [3.63, 3.8) is 0 Å². The summed E-state index contributed by atoms with van der Waals surface area (Å²) >= 11 is 0. The summed E-state index contributed by atoms with van der Waals surface area (Å²) in [5.74, 6) is 0. The van der Waals surface area contributed by atoms with Crippen LogP contribution in [0.25, 0.3) is 120 Å². The zero-order valence-electron chi connectivity index (χ0n) is 50.4. The lowest BCUT2D eigenvalue weighted by atomic mass is 9.83. The third-order valence-electron chi connectivity index (χ3n) is 9.75. The Morgan fingerprint density at radius 3 is 1.59 bits per heavy atom. The van der Waals surface area contributed by atoms with Crippen molar-refractivity contribution in [2.24, 2.45) is 0 Å². The van der Waals surface area contributed by atoms with Crippen LogP contribution in [0.5, 0.6) is 0 Å². The first kappa shape index (κ1) is 15.1. The van der Waals surface area contributed by atoms with Crippen LogP contribution in [-0.2, 0) is 0 Å². The van der Waals surface area contributed by atoms with Gasteiger partial charge in [0.2, 0.25) is 0 Å². The number of rotatable bonds is 3. The minimum atomic E-state index is -0.968. The maximum Gasteiger partial charge on any atom is 0.136 e. The van der Waals surface area contributed by atoms with Gasteiger partial charge in [0.15, 0.2) is 0 Å². The van der Waals surface area contributed by atoms with E-state index in [0.717, 1.165) is 5.39 Å². The highest BCUT2D eigenvalue weighted by molar-refractivity contribution is 6.27. The quantitative estimate of drug-likeness (QED) is 0.171. The molecule has 0 aliphatic carbocycles. The van der Waals surface area contributed by atoms with E-state index in [0.29, 0.717) is 5.39 Å². The van der Waals surface area contributed by atoms with E-state index in [2.05, 4.69) is 0 Å². The molecule has 0 aliphatic heterocycles. The maximum absolute atomic E-state index is 9.98. The Labute approximate surface area is 342 Å². The smallest absolute Gasteiger partial charge is 0.136 e. The van der Waals surface area contributed by atoms with Gasteiger partial charge < -0.3 is 8.83 Å². The lowest BCUT2D eigenvalue weighted by Crippen LogP contribution is -1.92. The molecule has 0 saturated heterocycles. The summed E-state index contributed by atoms with van der Waals surface area (Å²) in [6.07, 6.45) is 0. The van der Waals surface area contributed by atoms with Crippen LogP contribution in [0.2, 0.25) is 0 Å². The number of fused-ring (bicyclic) bond motifs is 11. The predicted octanol–water partition coefficient (Wildman–Crippen LogP) is 15.1. The third kappa shape index (κ3) is 4.17. The fourth-order valence-corrected chi connectivity index (χ4v) is 7.44. The van der Waals surface area contributed by atoms with Gasteiger partial charge in [-0.15, -0.1) is 0 Å². The molecule has 2 nitrogen and oxygen atoms in total. The second-order valence-corrected chi connectivity index (χ2v) is 12.6. The van der Waals surface area contributed by atoms with Crippen molar-refractivity contribution in [3.05, 3.63) is 181 Å².